The number of rotatable bonds is 5. The number of para-hydroxylation sites is 1. The van der Waals surface area contributed by atoms with E-state index in [4.69, 9.17) is 4.74 Å². The smallest absolute Gasteiger partial charge is 0.263 e. The molecule has 0 bridgehead atoms. The molecular weight excluding hydrogens is 387 g/mol. The van der Waals surface area contributed by atoms with Gasteiger partial charge in [0, 0.05) is 31.3 Å². The summed E-state index contributed by atoms with van der Waals surface area (Å²) >= 11 is 0. The monoisotopic (exact) mass is 408 g/mol. The Morgan fingerprint density at radius 2 is 2.07 bits per heavy atom. The Bertz CT molecular complexity index is 1100. The molecule has 0 saturated carbocycles. The standard InChI is InChI=1S/C22H21FN4O3/c1-14(30-19-8-3-2-6-16(19)23)22(29)27-11-9-15(13-27)18-12-20(28)26-21(25-18)17-7-4-5-10-24-17/h2-8,10,12,14-15H,9,11,13H2,1H3,(H,25,26,28)/t14-,15-/m0/s1. The molecule has 0 unspecified atom stereocenters. The number of aromatic amines is 1. The molecule has 1 N–H and O–H groups in total. The van der Waals surface area contributed by atoms with Crippen LogP contribution >= 0.6 is 0 Å². The Hall–Kier alpha value is -3.55. The molecule has 8 heteroatoms. The third kappa shape index (κ3) is 4.22. The molecular formula is C22H21FN4O3. The summed E-state index contributed by atoms with van der Waals surface area (Å²) in [5.74, 6) is -0.356. The number of amides is 1. The number of nitrogens with zero attached hydrogens (tertiary/aromatic N) is 3. The van der Waals surface area contributed by atoms with Gasteiger partial charge in [-0.15, -0.1) is 0 Å². The summed E-state index contributed by atoms with van der Waals surface area (Å²) in [6, 6.07) is 12.8. The molecule has 30 heavy (non-hydrogen) atoms. The van der Waals surface area contributed by atoms with Crippen LogP contribution in [-0.4, -0.2) is 45.0 Å². The van der Waals surface area contributed by atoms with Crippen LogP contribution in [0, 0.1) is 5.82 Å². The maximum atomic E-state index is 13.8. The minimum Gasteiger partial charge on any atom is -0.478 e. The molecule has 4 rings (SSSR count). The van der Waals surface area contributed by atoms with Gasteiger partial charge in [0.25, 0.3) is 11.5 Å². The van der Waals surface area contributed by atoms with Crippen LogP contribution in [0.25, 0.3) is 11.5 Å². The average molecular weight is 408 g/mol. The summed E-state index contributed by atoms with van der Waals surface area (Å²) < 4.78 is 19.3. The van der Waals surface area contributed by atoms with Gasteiger partial charge in [0.2, 0.25) is 0 Å². The molecule has 1 aliphatic rings. The number of benzene rings is 1. The van der Waals surface area contributed by atoms with Crippen molar-refractivity contribution in [2.45, 2.75) is 25.4 Å². The zero-order valence-electron chi connectivity index (χ0n) is 16.4. The largest absolute Gasteiger partial charge is 0.478 e. The van der Waals surface area contributed by atoms with Crippen LogP contribution < -0.4 is 10.3 Å². The van der Waals surface area contributed by atoms with Crippen molar-refractivity contribution in [2.75, 3.05) is 13.1 Å². The third-order valence-electron chi connectivity index (χ3n) is 5.08. The lowest BCUT2D eigenvalue weighted by molar-refractivity contribution is -0.136. The molecule has 0 spiro atoms. The summed E-state index contributed by atoms with van der Waals surface area (Å²) in [4.78, 5) is 38.1. The van der Waals surface area contributed by atoms with Gasteiger partial charge in [-0.05, 0) is 37.6 Å². The molecule has 7 nitrogen and oxygen atoms in total. The Morgan fingerprint density at radius 3 is 2.83 bits per heavy atom. The summed E-state index contributed by atoms with van der Waals surface area (Å²) in [7, 11) is 0. The molecule has 1 saturated heterocycles. The van der Waals surface area contributed by atoms with Gasteiger partial charge < -0.3 is 14.6 Å². The predicted molar refractivity (Wildman–Crippen MR) is 109 cm³/mol. The van der Waals surface area contributed by atoms with Crippen LogP contribution in [0.15, 0.2) is 59.5 Å². The van der Waals surface area contributed by atoms with Crippen LogP contribution in [0.4, 0.5) is 4.39 Å². The number of halogens is 1. The summed E-state index contributed by atoms with van der Waals surface area (Å²) in [6.45, 7) is 2.54. The van der Waals surface area contributed by atoms with Gasteiger partial charge in [-0.2, -0.15) is 0 Å². The summed E-state index contributed by atoms with van der Waals surface area (Å²) in [5, 5.41) is 0. The van der Waals surface area contributed by atoms with Crippen LogP contribution in [0.2, 0.25) is 0 Å². The molecule has 0 radical (unpaired) electrons. The van der Waals surface area contributed by atoms with Crippen molar-refractivity contribution in [3.63, 3.8) is 0 Å². The van der Waals surface area contributed by atoms with E-state index in [9.17, 15) is 14.0 Å². The van der Waals surface area contributed by atoms with E-state index in [1.807, 2.05) is 6.07 Å². The van der Waals surface area contributed by atoms with Crippen LogP contribution in [0.3, 0.4) is 0 Å². The van der Waals surface area contributed by atoms with Crippen molar-refractivity contribution in [1.29, 1.82) is 0 Å². The average Bonchev–Trinajstić information content (AvgIpc) is 3.25. The molecule has 3 heterocycles. The van der Waals surface area contributed by atoms with Gasteiger partial charge in [-0.25, -0.2) is 9.37 Å². The molecule has 154 valence electrons. The zero-order valence-corrected chi connectivity index (χ0v) is 16.4. The van der Waals surface area contributed by atoms with Gasteiger partial charge in [-0.3, -0.25) is 14.6 Å². The number of pyridine rings is 1. The highest BCUT2D eigenvalue weighted by Gasteiger charge is 2.32. The number of nitrogens with one attached hydrogen (secondary N) is 1. The fourth-order valence-corrected chi connectivity index (χ4v) is 3.55. The first-order chi connectivity index (χ1) is 14.5. The fraction of sp³-hybridized carbons (Fsp3) is 0.273. The van der Waals surface area contributed by atoms with E-state index in [0.717, 1.165) is 0 Å². The lowest BCUT2D eigenvalue weighted by atomic mass is 10.0. The van der Waals surface area contributed by atoms with E-state index in [-0.39, 0.29) is 23.1 Å². The van der Waals surface area contributed by atoms with E-state index in [0.29, 0.717) is 36.7 Å². The normalized spacial score (nSPS) is 17.0. The first-order valence-electron chi connectivity index (χ1n) is 9.74. The lowest BCUT2D eigenvalue weighted by Gasteiger charge is -2.22. The number of carbonyl (C=O) groups excluding carboxylic acids is 1. The Morgan fingerprint density at radius 1 is 1.27 bits per heavy atom. The first kappa shape index (κ1) is 19.8. The number of carbonyl (C=O) groups is 1. The summed E-state index contributed by atoms with van der Waals surface area (Å²) in [5.41, 5.74) is 0.938. The molecule has 1 fully saturated rings. The van der Waals surface area contributed by atoms with Crippen molar-refractivity contribution < 1.29 is 13.9 Å². The number of aromatic nitrogens is 3. The second kappa shape index (κ2) is 8.44. The molecule has 3 aromatic rings. The number of hydrogen-bond donors (Lipinski definition) is 1. The molecule has 1 amide bonds. The van der Waals surface area contributed by atoms with Crippen molar-refractivity contribution in [3.05, 3.63) is 76.6 Å². The van der Waals surface area contributed by atoms with Crippen molar-refractivity contribution in [3.8, 4) is 17.3 Å². The first-order valence-corrected chi connectivity index (χ1v) is 9.74. The third-order valence-corrected chi connectivity index (χ3v) is 5.08. The predicted octanol–water partition coefficient (Wildman–Crippen LogP) is 2.75. The van der Waals surface area contributed by atoms with Crippen LogP contribution in [-0.2, 0) is 4.79 Å². The van der Waals surface area contributed by atoms with Gasteiger partial charge >= 0.3 is 0 Å². The lowest BCUT2D eigenvalue weighted by Crippen LogP contribution is -2.39. The Labute approximate surface area is 172 Å². The highest BCUT2D eigenvalue weighted by molar-refractivity contribution is 5.81. The quantitative estimate of drug-likeness (QED) is 0.701. The number of H-pyrrole nitrogens is 1. The maximum absolute atomic E-state index is 13.8. The molecule has 2 aromatic heterocycles. The molecule has 0 aliphatic carbocycles. The minimum absolute atomic E-state index is 0.0466. The molecule has 1 aliphatic heterocycles. The highest BCUT2D eigenvalue weighted by Crippen LogP contribution is 2.27. The second-order valence-electron chi connectivity index (χ2n) is 7.19. The number of likely N-dealkylation sites (tertiary alicyclic amines) is 1. The summed E-state index contributed by atoms with van der Waals surface area (Å²) in [6.07, 6.45) is 1.49. The number of hydrogen-bond acceptors (Lipinski definition) is 5. The van der Waals surface area contributed by atoms with E-state index in [1.165, 1.54) is 18.2 Å². The van der Waals surface area contributed by atoms with Gasteiger partial charge in [0.05, 0.1) is 5.69 Å². The van der Waals surface area contributed by atoms with Crippen LogP contribution in [0.1, 0.15) is 25.0 Å². The van der Waals surface area contributed by atoms with Crippen molar-refractivity contribution in [2.24, 2.45) is 0 Å². The zero-order chi connectivity index (χ0) is 21.1. The van der Waals surface area contributed by atoms with E-state index in [1.54, 1.807) is 42.3 Å². The maximum Gasteiger partial charge on any atom is 0.263 e. The van der Waals surface area contributed by atoms with Gasteiger partial charge in [0.15, 0.2) is 23.5 Å². The van der Waals surface area contributed by atoms with Gasteiger partial charge in [-0.1, -0.05) is 18.2 Å². The fourth-order valence-electron chi connectivity index (χ4n) is 3.55. The molecule has 1 aromatic carbocycles. The number of ether oxygens (including phenoxy) is 1. The van der Waals surface area contributed by atoms with E-state index in [2.05, 4.69) is 15.0 Å². The Kier molecular flexibility index (Phi) is 5.56. The van der Waals surface area contributed by atoms with E-state index >= 15 is 0 Å². The highest BCUT2D eigenvalue weighted by atomic mass is 19.1. The van der Waals surface area contributed by atoms with Crippen LogP contribution in [0.5, 0.6) is 5.75 Å². The second-order valence-corrected chi connectivity index (χ2v) is 7.19. The van der Waals surface area contributed by atoms with Crippen molar-refractivity contribution in [1.82, 2.24) is 19.9 Å². The topological polar surface area (TPSA) is 88.2 Å². The van der Waals surface area contributed by atoms with Gasteiger partial charge in [0.1, 0.15) is 5.69 Å². The Balaban J connectivity index is 1.47. The SMILES string of the molecule is C[C@H](Oc1ccccc1F)C(=O)N1CC[C@H](c2cc(=O)[nH]c(-c3ccccn3)n2)C1. The molecule has 2 atom stereocenters. The minimum atomic E-state index is -0.822. The van der Waals surface area contributed by atoms with Crippen molar-refractivity contribution >= 4 is 5.91 Å². The van der Waals surface area contributed by atoms with E-state index < -0.39 is 11.9 Å².